The third-order valence-electron chi connectivity index (χ3n) is 13.5. The fraction of sp³-hybridized carbons (Fsp3) is 0.300. The molecule has 0 aliphatic rings. The Balaban J connectivity index is 0.000000653. The lowest BCUT2D eigenvalue weighted by Crippen LogP contribution is -2.69. The summed E-state index contributed by atoms with van der Waals surface area (Å²) in [6.07, 6.45) is 0.272. The highest BCUT2D eigenvalue weighted by molar-refractivity contribution is 6.96. The van der Waals surface area contributed by atoms with Crippen molar-refractivity contribution in [2.24, 2.45) is 0 Å². The smallest absolute Gasteiger partial charge is 0.404 e. The highest BCUT2D eigenvalue weighted by atomic mass is 28.5. The van der Waals surface area contributed by atoms with Crippen LogP contribution in [0.2, 0.25) is 0 Å². The lowest BCUT2D eigenvalue weighted by atomic mass is 10.2. The molecule has 33 heteroatoms. The van der Waals surface area contributed by atoms with Gasteiger partial charge >= 0.3 is 26.4 Å². The summed E-state index contributed by atoms with van der Waals surface area (Å²) in [5.41, 5.74) is 4.92. The van der Waals surface area contributed by atoms with E-state index < -0.39 is 51.4 Å². The van der Waals surface area contributed by atoms with Crippen molar-refractivity contribution in [1.29, 1.82) is 16.2 Å². The quantitative estimate of drug-likeness (QED) is 0.0192. The number of anilines is 3. The van der Waals surface area contributed by atoms with E-state index in [1.165, 1.54) is 63.4 Å². The van der Waals surface area contributed by atoms with E-state index in [4.69, 9.17) is 69.5 Å². The number of rotatable bonds is 27. The van der Waals surface area contributed by atoms with Gasteiger partial charge in [0.2, 0.25) is 36.0 Å². The largest absolute Gasteiger partial charge is 0.526 e. The number of carbonyl (C=O) groups excluding carboxylic acids is 6. The van der Waals surface area contributed by atoms with E-state index in [1.54, 1.807) is 72.8 Å². The van der Waals surface area contributed by atoms with Gasteiger partial charge in [-0.25, -0.2) is 30.6 Å². The van der Waals surface area contributed by atoms with Gasteiger partial charge in [-0.15, -0.1) is 0 Å². The Labute approximate surface area is 547 Å². The molecule has 0 saturated heterocycles. The molecule has 0 radical (unpaired) electrons. The molecule has 0 aliphatic heterocycles. The summed E-state index contributed by atoms with van der Waals surface area (Å²) in [6, 6.07) is 43.6. The van der Waals surface area contributed by atoms with Crippen molar-refractivity contribution < 1.29 is 98.3 Å². The Morgan fingerprint density at radius 2 is 0.613 bits per heavy atom. The van der Waals surface area contributed by atoms with E-state index in [2.05, 4.69) is 16.0 Å². The van der Waals surface area contributed by atoms with Crippen molar-refractivity contribution in [3.63, 3.8) is 0 Å². The summed E-state index contributed by atoms with van der Waals surface area (Å²) < 4.78 is 53.6. The zero-order chi connectivity index (χ0) is 70.5. The van der Waals surface area contributed by atoms with Gasteiger partial charge < -0.3 is 85.5 Å². The summed E-state index contributed by atoms with van der Waals surface area (Å²) in [7, 11) is -11.2. The third kappa shape index (κ3) is 24.1. The van der Waals surface area contributed by atoms with E-state index in [9.17, 15) is 45.0 Å². The Bertz CT molecular complexity index is 3310. The van der Waals surface area contributed by atoms with Crippen LogP contribution < -0.4 is 47.1 Å². The topological polar surface area (TPSA) is 415 Å². The molecule has 0 saturated carbocycles. The predicted molar refractivity (Wildman–Crippen MR) is 361 cm³/mol. The predicted octanol–water partition coefficient (Wildman–Crippen LogP) is 0.676. The first-order chi connectivity index (χ1) is 44.3. The zero-order valence-corrected chi connectivity index (χ0v) is 59.9. The molecule has 27 nitrogen and oxygen atoms in total. The number of nitrogens with one attached hydrogen (secondary N) is 6. The van der Waals surface area contributed by atoms with E-state index in [0.29, 0.717) is 32.6 Å². The lowest BCUT2D eigenvalue weighted by Gasteiger charge is -2.37. The molecule has 6 aromatic carbocycles. The monoisotopic (exact) mass is 1390 g/mol. The Morgan fingerprint density at radius 1 is 0.355 bits per heavy atom. The highest BCUT2D eigenvalue weighted by Gasteiger charge is 2.54. The number of hydrogen-bond acceptors (Lipinski definition) is 24. The molecule has 0 bridgehead atoms. The molecule has 0 fully saturated rings. The number of aliphatic hydroxyl groups excluding tert-OH is 6. The minimum absolute atomic E-state index is 0.169. The standard InChI is InChI=1S/3C19H27NO6Si2.3CHNO/c1-15-5-9-18(10-6-15)27(13-21,14-22)26-28(24-3,25-4)19-11-7-17(8-12-19)20-16(2)23;1-15-7-5-9-18(11-15)27(13-21,14-22)26-28(24-3,25-4)19-10-6-8-17(12-19)20-16(2)23;1-15-8-10-18(11-9-15)27(13-21,14-22)26-28(24-3,25-4)19-7-5-6-17(12-19)20-16(2)23;3*2-1-3/h3*5-12,21-22H,13-14H2,1-4H3,(H,20,23);3*2H. The average molecular weight is 1390 g/mol. The number of amides is 3. The third-order valence-corrected chi connectivity index (χ3v) is 34.9. The maximum absolute atomic E-state index is 11.4. The molecule has 12 N–H and O–H groups in total. The summed E-state index contributed by atoms with van der Waals surface area (Å²) in [4.78, 5) is 59.1. The summed E-state index contributed by atoms with van der Waals surface area (Å²) >= 11 is 0. The van der Waals surface area contributed by atoms with Crippen molar-refractivity contribution in [3.05, 3.63) is 162 Å². The van der Waals surface area contributed by atoms with Crippen molar-refractivity contribution in [2.75, 3.05) is 96.0 Å². The van der Waals surface area contributed by atoms with E-state index in [1.807, 2.05) is 93.6 Å². The van der Waals surface area contributed by atoms with Crippen molar-refractivity contribution >= 4 is 136 Å². The molecule has 0 spiro atoms. The molecule has 6 aromatic rings. The minimum Gasteiger partial charge on any atom is -0.404 e. The van der Waals surface area contributed by atoms with Crippen LogP contribution >= 0.6 is 0 Å². The molecular weight excluding hydrogens is 1310 g/mol. The Morgan fingerprint density at radius 3 is 0.892 bits per heavy atom. The first kappa shape index (κ1) is 83.6. The number of carbonyl (C=O) groups is 3. The second kappa shape index (κ2) is 42.0. The normalized spacial score (nSPS) is 11.2. The number of isocyanates is 3. The molecule has 6 rings (SSSR count). The molecule has 0 atom stereocenters. The molecule has 3 amide bonds. The van der Waals surface area contributed by atoms with Crippen LogP contribution in [0.4, 0.5) is 17.1 Å². The average Bonchev–Trinajstić information content (AvgIpc) is 0.793. The van der Waals surface area contributed by atoms with Gasteiger partial charge in [-0.3, -0.25) is 14.4 Å². The Kier molecular flexibility index (Phi) is 37.8. The minimum atomic E-state index is -3.49. The first-order valence-corrected chi connectivity index (χ1v) is 40.0. The fourth-order valence-electron chi connectivity index (χ4n) is 8.81. The van der Waals surface area contributed by atoms with Crippen LogP contribution in [-0.2, 0) is 67.7 Å². The molecule has 0 aromatic heterocycles. The number of aryl methyl sites for hydroxylation is 3. The first-order valence-electron chi connectivity index (χ1n) is 27.8. The number of aliphatic hydroxyl groups is 6. The van der Waals surface area contributed by atoms with Gasteiger partial charge in [0.15, 0.2) is 0 Å². The van der Waals surface area contributed by atoms with Gasteiger partial charge in [-0.2, -0.15) is 0 Å². The van der Waals surface area contributed by atoms with Gasteiger partial charge in [0.25, 0.3) is 25.0 Å². The molecule has 0 aliphatic carbocycles. The molecule has 504 valence electrons. The fourth-order valence-corrected chi connectivity index (χ4v) is 28.9. The van der Waals surface area contributed by atoms with Crippen molar-refractivity contribution in [1.82, 2.24) is 0 Å². The maximum atomic E-state index is 11.4. The van der Waals surface area contributed by atoms with E-state index in [0.717, 1.165) is 50.5 Å². The SMILES string of the molecule is CO[Si](OC)(O[Si](CO)(CO)c1ccc(C)cc1)c1ccc(NC(C)=O)cc1.CO[Si](OC)(O[Si](CO)(CO)c1ccc(C)cc1)c1cccc(NC(C)=O)c1.CO[Si](OC)(O[Si](CO)(CO)c1cccc(C)c1)c1cccc(NC(C)=O)c1.N=C=O.N=C=O.N=C=O. The zero-order valence-electron chi connectivity index (χ0n) is 53.9. The summed E-state index contributed by atoms with van der Waals surface area (Å²) in [5.74, 6) is -0.569. The molecule has 0 unspecified atom stereocenters. The van der Waals surface area contributed by atoms with Crippen LogP contribution in [0.15, 0.2) is 146 Å². The lowest BCUT2D eigenvalue weighted by molar-refractivity contribution is -0.115. The summed E-state index contributed by atoms with van der Waals surface area (Å²) in [5, 5.41) is 89.7. The van der Waals surface area contributed by atoms with Crippen LogP contribution in [0.1, 0.15) is 37.5 Å². The molecule has 0 heterocycles. The van der Waals surface area contributed by atoms with Gasteiger partial charge in [0.1, 0.15) is 0 Å². The van der Waals surface area contributed by atoms with Gasteiger partial charge in [0, 0.05) is 96.1 Å². The van der Waals surface area contributed by atoms with Gasteiger partial charge in [0.05, 0.1) is 37.4 Å². The van der Waals surface area contributed by atoms with Crippen molar-refractivity contribution in [2.45, 2.75) is 41.5 Å². The molecular formula is C60H84N6O21Si6. The van der Waals surface area contributed by atoms with Gasteiger partial charge in [-0.05, 0) is 72.7 Å². The molecule has 93 heavy (non-hydrogen) atoms. The van der Waals surface area contributed by atoms with Crippen LogP contribution in [0, 0.1) is 37.0 Å². The van der Waals surface area contributed by atoms with Crippen molar-refractivity contribution in [3.8, 4) is 0 Å². The van der Waals surface area contributed by atoms with E-state index >= 15 is 0 Å². The van der Waals surface area contributed by atoms with Crippen LogP contribution in [0.25, 0.3) is 0 Å². The maximum Gasteiger partial charge on any atom is 0.526 e. The highest BCUT2D eigenvalue weighted by Crippen LogP contribution is 2.23. The van der Waals surface area contributed by atoms with Crippen LogP contribution in [-0.4, -0.2) is 198 Å². The van der Waals surface area contributed by atoms with Crippen LogP contribution in [0.3, 0.4) is 0 Å². The van der Waals surface area contributed by atoms with Gasteiger partial charge in [-0.1, -0.05) is 126 Å². The Hall–Kier alpha value is -7.43. The van der Waals surface area contributed by atoms with Crippen LogP contribution in [0.5, 0.6) is 0 Å². The summed E-state index contributed by atoms with van der Waals surface area (Å²) in [6.45, 7) is 10.1. The second-order valence-electron chi connectivity index (χ2n) is 19.8. The second-order valence-corrected chi connectivity index (χ2v) is 39.4. The number of benzene rings is 6. The number of hydrogen-bond donors (Lipinski definition) is 12. The van der Waals surface area contributed by atoms with E-state index in [-0.39, 0.29) is 55.1 Å².